The molecule has 82 valence electrons. The first-order valence-corrected chi connectivity index (χ1v) is 5.29. The lowest BCUT2D eigenvalue weighted by Crippen LogP contribution is -2.55. The molecule has 1 rings (SSSR count). The molecule has 0 aromatic heterocycles. The summed E-state index contributed by atoms with van der Waals surface area (Å²) in [5, 5.41) is 5.21. The zero-order chi connectivity index (χ0) is 10.4. The second-order valence-electron chi connectivity index (χ2n) is 3.33. The highest BCUT2D eigenvalue weighted by Gasteiger charge is 2.15. The highest BCUT2D eigenvalue weighted by molar-refractivity contribution is 5.73. The topological polar surface area (TPSA) is 47.6 Å². The number of nitrogens with one attached hydrogen (secondary N) is 2. The summed E-state index contributed by atoms with van der Waals surface area (Å²) in [4.78, 5) is 13.4. The van der Waals surface area contributed by atoms with Crippen molar-refractivity contribution in [1.82, 2.24) is 20.7 Å². The normalized spacial score (nSPS) is 17.9. The molecule has 0 radical (unpaired) electrons. The molecule has 0 aromatic carbocycles. The minimum Gasteiger partial charge on any atom is -0.324 e. The van der Waals surface area contributed by atoms with Crippen LogP contribution in [0.1, 0.15) is 13.8 Å². The third-order valence-electron chi connectivity index (χ3n) is 2.42. The van der Waals surface area contributed by atoms with Crippen LogP contribution >= 0.6 is 0 Å². The summed E-state index contributed by atoms with van der Waals surface area (Å²) in [7, 11) is 0. The molecule has 2 N–H and O–H groups in total. The maximum atomic E-state index is 11.6. The van der Waals surface area contributed by atoms with Crippen LogP contribution in [0, 0.1) is 0 Å². The van der Waals surface area contributed by atoms with E-state index in [9.17, 15) is 4.79 Å². The number of carbonyl (C=O) groups is 1. The van der Waals surface area contributed by atoms with Gasteiger partial charge in [0.05, 0.1) is 0 Å². The molecular weight excluding hydrogens is 180 g/mol. The predicted molar refractivity (Wildman–Crippen MR) is 55.9 cm³/mol. The molecule has 0 unspecified atom stereocenters. The van der Waals surface area contributed by atoms with Crippen LogP contribution in [0.4, 0.5) is 4.79 Å². The van der Waals surface area contributed by atoms with Crippen molar-refractivity contribution in [3.05, 3.63) is 0 Å². The standard InChI is InChI=1S/C9H20N4O/c1-3-12(4-2)9(14)11-13-7-5-10-6-8-13/h10H,3-8H2,1-2H3,(H,11,14). The molecule has 0 aromatic rings. The quantitative estimate of drug-likeness (QED) is 0.666. The lowest BCUT2D eigenvalue weighted by Gasteiger charge is -2.30. The van der Waals surface area contributed by atoms with Crippen LogP contribution < -0.4 is 10.7 Å². The van der Waals surface area contributed by atoms with E-state index in [1.807, 2.05) is 18.9 Å². The van der Waals surface area contributed by atoms with Crippen molar-refractivity contribution < 1.29 is 4.79 Å². The van der Waals surface area contributed by atoms with Crippen LogP contribution in [0.2, 0.25) is 0 Å². The molecule has 0 saturated carbocycles. The fourth-order valence-electron chi connectivity index (χ4n) is 1.49. The Hall–Kier alpha value is -0.810. The first-order valence-electron chi connectivity index (χ1n) is 5.29. The molecular formula is C9H20N4O. The van der Waals surface area contributed by atoms with Gasteiger partial charge in [0.2, 0.25) is 0 Å². The van der Waals surface area contributed by atoms with Gasteiger partial charge in [-0.15, -0.1) is 0 Å². The van der Waals surface area contributed by atoms with Gasteiger partial charge in [0.1, 0.15) is 0 Å². The molecule has 0 aliphatic carbocycles. The number of urea groups is 1. The van der Waals surface area contributed by atoms with E-state index >= 15 is 0 Å². The minimum atomic E-state index is 0.0110. The van der Waals surface area contributed by atoms with Gasteiger partial charge < -0.3 is 10.2 Å². The van der Waals surface area contributed by atoms with E-state index in [1.165, 1.54) is 0 Å². The molecule has 2 amide bonds. The van der Waals surface area contributed by atoms with Gasteiger partial charge in [-0.2, -0.15) is 0 Å². The number of amides is 2. The van der Waals surface area contributed by atoms with Gasteiger partial charge >= 0.3 is 6.03 Å². The van der Waals surface area contributed by atoms with Crippen molar-refractivity contribution in [2.45, 2.75) is 13.8 Å². The summed E-state index contributed by atoms with van der Waals surface area (Å²) < 4.78 is 0. The average Bonchev–Trinajstić information content (AvgIpc) is 2.21. The Morgan fingerprint density at radius 2 is 1.93 bits per heavy atom. The van der Waals surface area contributed by atoms with Crippen molar-refractivity contribution in [3.63, 3.8) is 0 Å². The van der Waals surface area contributed by atoms with Gasteiger partial charge in [-0.1, -0.05) is 0 Å². The van der Waals surface area contributed by atoms with Crippen molar-refractivity contribution in [1.29, 1.82) is 0 Å². The SMILES string of the molecule is CCN(CC)C(=O)NN1CCNCC1. The van der Waals surface area contributed by atoms with Crippen LogP contribution in [0.5, 0.6) is 0 Å². The van der Waals surface area contributed by atoms with Gasteiger partial charge in [-0.25, -0.2) is 9.80 Å². The van der Waals surface area contributed by atoms with E-state index in [1.54, 1.807) is 4.90 Å². The van der Waals surface area contributed by atoms with E-state index in [0.717, 1.165) is 39.3 Å². The number of hydrazine groups is 1. The lowest BCUT2D eigenvalue weighted by atomic mass is 10.4. The van der Waals surface area contributed by atoms with E-state index < -0.39 is 0 Å². The molecule has 1 aliphatic rings. The van der Waals surface area contributed by atoms with Gasteiger partial charge in [-0.05, 0) is 13.8 Å². The smallest absolute Gasteiger partial charge is 0.324 e. The average molecular weight is 200 g/mol. The molecule has 14 heavy (non-hydrogen) atoms. The summed E-state index contributed by atoms with van der Waals surface area (Å²) in [6.45, 7) is 9.14. The minimum absolute atomic E-state index is 0.0110. The van der Waals surface area contributed by atoms with Crippen LogP contribution in [0.15, 0.2) is 0 Å². The molecule has 1 fully saturated rings. The number of hydrogen-bond donors (Lipinski definition) is 2. The van der Waals surface area contributed by atoms with Crippen LogP contribution in [0.25, 0.3) is 0 Å². The Morgan fingerprint density at radius 1 is 1.36 bits per heavy atom. The maximum absolute atomic E-state index is 11.6. The second-order valence-corrected chi connectivity index (χ2v) is 3.33. The maximum Gasteiger partial charge on any atom is 0.331 e. The zero-order valence-electron chi connectivity index (χ0n) is 9.05. The molecule has 1 aliphatic heterocycles. The highest BCUT2D eigenvalue weighted by Crippen LogP contribution is 1.92. The van der Waals surface area contributed by atoms with Gasteiger partial charge in [-0.3, -0.25) is 5.43 Å². The largest absolute Gasteiger partial charge is 0.331 e. The summed E-state index contributed by atoms with van der Waals surface area (Å²) >= 11 is 0. The zero-order valence-corrected chi connectivity index (χ0v) is 9.05. The van der Waals surface area contributed by atoms with Crippen LogP contribution in [-0.2, 0) is 0 Å². The van der Waals surface area contributed by atoms with Crippen molar-refractivity contribution in [3.8, 4) is 0 Å². The van der Waals surface area contributed by atoms with Gasteiger partial charge in [0.15, 0.2) is 0 Å². The molecule has 5 heteroatoms. The van der Waals surface area contributed by atoms with Crippen molar-refractivity contribution >= 4 is 6.03 Å². The highest BCUT2D eigenvalue weighted by atomic mass is 16.2. The third-order valence-corrected chi connectivity index (χ3v) is 2.42. The van der Waals surface area contributed by atoms with Crippen LogP contribution in [0.3, 0.4) is 0 Å². The number of piperazine rings is 1. The Bertz CT molecular complexity index is 176. The monoisotopic (exact) mass is 200 g/mol. The number of nitrogens with zero attached hydrogens (tertiary/aromatic N) is 2. The first kappa shape index (κ1) is 11.3. The summed E-state index contributed by atoms with van der Waals surface area (Å²) in [6.07, 6.45) is 0. The van der Waals surface area contributed by atoms with E-state index in [4.69, 9.17) is 0 Å². The molecule has 0 spiro atoms. The number of hydrogen-bond acceptors (Lipinski definition) is 3. The van der Waals surface area contributed by atoms with Crippen LogP contribution in [-0.4, -0.2) is 55.2 Å². The second kappa shape index (κ2) is 5.82. The van der Waals surface area contributed by atoms with Crippen molar-refractivity contribution in [2.24, 2.45) is 0 Å². The summed E-state index contributed by atoms with van der Waals surface area (Å²) in [6, 6.07) is 0.0110. The molecule has 0 bridgehead atoms. The predicted octanol–water partition coefficient (Wildman–Crippen LogP) is -0.142. The Labute approximate surface area is 85.4 Å². The summed E-state index contributed by atoms with van der Waals surface area (Å²) in [5.74, 6) is 0. The van der Waals surface area contributed by atoms with Gasteiger partial charge in [0, 0.05) is 39.3 Å². The Morgan fingerprint density at radius 3 is 2.43 bits per heavy atom. The Balaban J connectivity index is 2.30. The van der Waals surface area contributed by atoms with E-state index in [0.29, 0.717) is 0 Å². The molecule has 1 saturated heterocycles. The lowest BCUT2D eigenvalue weighted by molar-refractivity contribution is 0.138. The van der Waals surface area contributed by atoms with E-state index in [-0.39, 0.29) is 6.03 Å². The first-order chi connectivity index (χ1) is 6.77. The molecule has 0 atom stereocenters. The Kier molecular flexibility index (Phi) is 4.69. The van der Waals surface area contributed by atoms with Gasteiger partial charge in [0.25, 0.3) is 0 Å². The van der Waals surface area contributed by atoms with E-state index in [2.05, 4.69) is 10.7 Å². The molecule has 1 heterocycles. The fourth-order valence-corrected chi connectivity index (χ4v) is 1.49. The molecule has 5 nitrogen and oxygen atoms in total. The third kappa shape index (κ3) is 3.16. The van der Waals surface area contributed by atoms with Crippen molar-refractivity contribution in [2.75, 3.05) is 39.3 Å². The number of carbonyl (C=O) groups excluding carboxylic acids is 1. The number of rotatable bonds is 3. The fraction of sp³-hybridized carbons (Fsp3) is 0.889. The summed E-state index contributed by atoms with van der Waals surface area (Å²) in [5.41, 5.74) is 2.90.